The van der Waals surface area contributed by atoms with E-state index in [1.54, 1.807) is 17.2 Å². The van der Waals surface area contributed by atoms with Crippen LogP contribution in [0.15, 0.2) is 24.8 Å². The van der Waals surface area contributed by atoms with Gasteiger partial charge in [0.05, 0.1) is 13.1 Å². The normalized spacial score (nSPS) is 10.4. The maximum atomic E-state index is 5.39. The molecule has 2 aromatic rings. The van der Waals surface area contributed by atoms with E-state index in [1.165, 1.54) is 0 Å². The minimum absolute atomic E-state index is 0.216. The molecule has 0 aromatic carbocycles. The Kier molecular flexibility index (Phi) is 2.72. The zero-order chi connectivity index (χ0) is 10.7. The van der Waals surface area contributed by atoms with Gasteiger partial charge in [0.1, 0.15) is 11.3 Å². The lowest BCUT2D eigenvalue weighted by molar-refractivity contribution is 0.499. The molecule has 6 nitrogen and oxygen atoms in total. The van der Waals surface area contributed by atoms with Crippen molar-refractivity contribution < 1.29 is 0 Å². The molecule has 0 bridgehead atoms. The lowest BCUT2D eigenvalue weighted by Gasteiger charge is -2.00. The van der Waals surface area contributed by atoms with Crippen molar-refractivity contribution >= 4 is 17.2 Å². The minimum Gasteiger partial charge on any atom is -0.387 e. The van der Waals surface area contributed by atoms with E-state index >= 15 is 0 Å². The second-order valence-corrected chi connectivity index (χ2v) is 3.40. The van der Waals surface area contributed by atoms with E-state index in [9.17, 15) is 0 Å². The molecule has 0 spiro atoms. The SMILES string of the molecule is NC(=S)c1ncn(CCn2cccn2)n1. The van der Waals surface area contributed by atoms with E-state index in [2.05, 4.69) is 15.2 Å². The van der Waals surface area contributed by atoms with Crippen LogP contribution in [-0.4, -0.2) is 29.5 Å². The molecule has 0 amide bonds. The zero-order valence-electron chi connectivity index (χ0n) is 7.95. The van der Waals surface area contributed by atoms with Crippen LogP contribution in [0.1, 0.15) is 5.82 Å². The van der Waals surface area contributed by atoms with Gasteiger partial charge in [-0.1, -0.05) is 12.2 Å². The van der Waals surface area contributed by atoms with Crippen molar-refractivity contribution in [1.29, 1.82) is 0 Å². The number of aromatic nitrogens is 5. The summed E-state index contributed by atoms with van der Waals surface area (Å²) in [6.45, 7) is 1.43. The fourth-order valence-electron chi connectivity index (χ4n) is 1.15. The van der Waals surface area contributed by atoms with Gasteiger partial charge in [0.25, 0.3) is 0 Å². The predicted octanol–water partition coefficient (Wildman–Crippen LogP) is -0.191. The number of aryl methyl sites for hydroxylation is 2. The Labute approximate surface area is 91.7 Å². The average molecular weight is 222 g/mol. The molecule has 0 atom stereocenters. The summed E-state index contributed by atoms with van der Waals surface area (Å²) in [7, 11) is 0. The molecule has 78 valence electrons. The fourth-order valence-corrected chi connectivity index (χ4v) is 1.25. The van der Waals surface area contributed by atoms with E-state index in [0.29, 0.717) is 12.4 Å². The van der Waals surface area contributed by atoms with Gasteiger partial charge in [0, 0.05) is 12.4 Å². The number of rotatable bonds is 4. The van der Waals surface area contributed by atoms with Crippen LogP contribution in [0, 0.1) is 0 Å². The summed E-state index contributed by atoms with van der Waals surface area (Å²) < 4.78 is 3.51. The van der Waals surface area contributed by atoms with Crippen molar-refractivity contribution in [2.75, 3.05) is 0 Å². The Hall–Kier alpha value is -1.76. The van der Waals surface area contributed by atoms with Crippen LogP contribution < -0.4 is 5.73 Å². The third-order valence-corrected chi connectivity index (χ3v) is 2.06. The van der Waals surface area contributed by atoms with Crippen LogP contribution in [0.2, 0.25) is 0 Å². The first kappa shape index (κ1) is 9.78. The van der Waals surface area contributed by atoms with Crippen LogP contribution in [0.5, 0.6) is 0 Å². The molecule has 0 saturated heterocycles. The summed E-state index contributed by atoms with van der Waals surface area (Å²) in [5, 5.41) is 8.19. The highest BCUT2D eigenvalue weighted by Gasteiger charge is 2.02. The fraction of sp³-hybridized carbons (Fsp3) is 0.250. The lowest BCUT2D eigenvalue weighted by Crippen LogP contribution is -2.13. The molecule has 2 rings (SSSR count). The molecular formula is C8H10N6S. The van der Waals surface area contributed by atoms with Gasteiger partial charge in [-0.3, -0.25) is 9.36 Å². The third-order valence-electron chi connectivity index (χ3n) is 1.87. The van der Waals surface area contributed by atoms with E-state index in [-0.39, 0.29) is 4.99 Å². The summed E-state index contributed by atoms with van der Waals surface area (Å²) in [4.78, 5) is 4.19. The van der Waals surface area contributed by atoms with Crippen LogP contribution in [-0.2, 0) is 13.1 Å². The van der Waals surface area contributed by atoms with Crippen LogP contribution >= 0.6 is 12.2 Å². The van der Waals surface area contributed by atoms with Gasteiger partial charge in [-0.05, 0) is 6.07 Å². The highest BCUT2D eigenvalue weighted by Crippen LogP contribution is 1.92. The van der Waals surface area contributed by atoms with Gasteiger partial charge in [-0.15, -0.1) is 5.10 Å². The van der Waals surface area contributed by atoms with Gasteiger partial charge in [0.2, 0.25) is 5.82 Å². The van der Waals surface area contributed by atoms with Crippen molar-refractivity contribution in [2.24, 2.45) is 5.73 Å². The van der Waals surface area contributed by atoms with E-state index in [1.807, 2.05) is 16.9 Å². The number of hydrogen-bond acceptors (Lipinski definition) is 4. The molecular weight excluding hydrogens is 212 g/mol. The maximum Gasteiger partial charge on any atom is 0.208 e. The molecule has 15 heavy (non-hydrogen) atoms. The second kappa shape index (κ2) is 4.18. The zero-order valence-corrected chi connectivity index (χ0v) is 8.76. The van der Waals surface area contributed by atoms with Gasteiger partial charge >= 0.3 is 0 Å². The molecule has 2 aromatic heterocycles. The molecule has 0 radical (unpaired) electrons. The summed E-state index contributed by atoms with van der Waals surface area (Å²) in [5.41, 5.74) is 5.39. The van der Waals surface area contributed by atoms with Crippen molar-refractivity contribution in [3.8, 4) is 0 Å². The molecule has 2 N–H and O–H groups in total. The highest BCUT2D eigenvalue weighted by molar-refractivity contribution is 7.80. The molecule has 0 fully saturated rings. The van der Waals surface area contributed by atoms with E-state index in [0.717, 1.165) is 6.54 Å². The van der Waals surface area contributed by atoms with Gasteiger partial charge in [-0.2, -0.15) is 5.10 Å². The summed E-state index contributed by atoms with van der Waals surface area (Å²) in [6.07, 6.45) is 5.24. The van der Waals surface area contributed by atoms with Crippen molar-refractivity contribution in [1.82, 2.24) is 24.5 Å². The number of nitrogens with zero attached hydrogens (tertiary/aromatic N) is 5. The standard InChI is InChI=1S/C8H10N6S/c9-7(15)8-10-6-14(12-8)5-4-13-3-1-2-11-13/h1-3,6H,4-5H2,(H2,9,15). The third kappa shape index (κ3) is 2.38. The quantitative estimate of drug-likeness (QED) is 0.726. The first-order valence-corrected chi connectivity index (χ1v) is 4.83. The number of nitrogens with two attached hydrogens (primary N) is 1. The monoisotopic (exact) mass is 222 g/mol. The van der Waals surface area contributed by atoms with Crippen LogP contribution in [0.4, 0.5) is 0 Å². The Morgan fingerprint density at radius 3 is 2.80 bits per heavy atom. The van der Waals surface area contributed by atoms with E-state index < -0.39 is 0 Å². The molecule has 0 saturated carbocycles. The average Bonchev–Trinajstić information content (AvgIpc) is 2.86. The molecule has 0 aliphatic rings. The second-order valence-electron chi connectivity index (χ2n) is 2.96. The molecule has 0 aliphatic heterocycles. The Morgan fingerprint density at radius 2 is 2.20 bits per heavy atom. The summed E-state index contributed by atoms with van der Waals surface area (Å²) in [6, 6.07) is 1.88. The maximum absolute atomic E-state index is 5.39. The molecule has 0 aliphatic carbocycles. The van der Waals surface area contributed by atoms with E-state index in [4.69, 9.17) is 18.0 Å². The lowest BCUT2D eigenvalue weighted by atomic mass is 10.6. The minimum atomic E-state index is 0.216. The smallest absolute Gasteiger partial charge is 0.208 e. The first-order chi connectivity index (χ1) is 7.25. The Bertz CT molecular complexity index is 445. The molecule has 2 heterocycles. The van der Waals surface area contributed by atoms with Gasteiger partial charge < -0.3 is 5.73 Å². The van der Waals surface area contributed by atoms with Crippen molar-refractivity contribution in [3.05, 3.63) is 30.6 Å². The molecule has 0 unspecified atom stereocenters. The topological polar surface area (TPSA) is 74.5 Å². The predicted molar refractivity (Wildman–Crippen MR) is 58.1 cm³/mol. The van der Waals surface area contributed by atoms with Crippen LogP contribution in [0.25, 0.3) is 0 Å². The van der Waals surface area contributed by atoms with Crippen molar-refractivity contribution in [2.45, 2.75) is 13.1 Å². The number of thiocarbonyl (C=S) groups is 1. The Morgan fingerprint density at radius 1 is 1.40 bits per heavy atom. The number of hydrogen-bond donors (Lipinski definition) is 1. The summed E-state index contributed by atoms with van der Waals surface area (Å²) in [5.74, 6) is 0.408. The highest BCUT2D eigenvalue weighted by atomic mass is 32.1. The summed E-state index contributed by atoms with van der Waals surface area (Å²) >= 11 is 4.76. The largest absolute Gasteiger partial charge is 0.387 e. The van der Waals surface area contributed by atoms with Gasteiger partial charge in [0.15, 0.2) is 0 Å². The van der Waals surface area contributed by atoms with Gasteiger partial charge in [-0.25, -0.2) is 4.98 Å². The van der Waals surface area contributed by atoms with Crippen molar-refractivity contribution in [3.63, 3.8) is 0 Å². The first-order valence-electron chi connectivity index (χ1n) is 4.42. The van der Waals surface area contributed by atoms with Crippen LogP contribution in [0.3, 0.4) is 0 Å². The molecule has 7 heteroatoms. The Balaban J connectivity index is 1.96.